The van der Waals surface area contributed by atoms with Gasteiger partial charge in [0.05, 0.1) is 24.1 Å². The molecule has 0 spiro atoms. The summed E-state index contributed by atoms with van der Waals surface area (Å²) in [6.45, 7) is 0.197. The third kappa shape index (κ3) is 5.51. The first-order valence-corrected chi connectivity index (χ1v) is 11.2. The topological polar surface area (TPSA) is 109 Å². The van der Waals surface area contributed by atoms with Gasteiger partial charge in [-0.1, -0.05) is 0 Å². The second kappa shape index (κ2) is 10.3. The van der Waals surface area contributed by atoms with Crippen LogP contribution in [0.4, 0.5) is 25.0 Å². The number of rotatable bonds is 4. The summed E-state index contributed by atoms with van der Waals surface area (Å²) in [4.78, 5) is 38.9. The van der Waals surface area contributed by atoms with Crippen molar-refractivity contribution < 1.29 is 32.6 Å². The number of ether oxygens (including phenoxy) is 2. The van der Waals surface area contributed by atoms with Crippen LogP contribution < -0.4 is 20.7 Å². The smallest absolute Gasteiger partial charge is 0.323 e. The summed E-state index contributed by atoms with van der Waals surface area (Å²) in [7, 11) is 3.26. The predicted octanol–water partition coefficient (Wildman–Crippen LogP) is 3.13. The molecule has 0 radical (unpaired) electrons. The van der Waals surface area contributed by atoms with E-state index in [2.05, 4.69) is 16.0 Å². The van der Waals surface area contributed by atoms with Crippen LogP contribution in [0, 0.1) is 11.6 Å². The Balaban J connectivity index is 1.46. The molecular formula is C24H26F2N4O5. The minimum absolute atomic E-state index is 0.0739. The second-order valence-electron chi connectivity index (χ2n) is 8.46. The molecule has 3 atom stereocenters. The number of hydrogen-bond acceptors (Lipinski definition) is 5. The number of nitrogens with zero attached hydrogens (tertiary/aromatic N) is 1. The average Bonchev–Trinajstić information content (AvgIpc) is 2.84. The Bertz CT molecular complexity index is 1140. The molecule has 0 unspecified atom stereocenters. The number of amides is 4. The molecule has 0 aromatic heterocycles. The highest BCUT2D eigenvalue weighted by Crippen LogP contribution is 2.32. The molecule has 2 aliphatic heterocycles. The van der Waals surface area contributed by atoms with Crippen LogP contribution in [0.2, 0.25) is 0 Å². The summed E-state index contributed by atoms with van der Waals surface area (Å²) in [5.74, 6) is -2.17. The number of nitrogens with one attached hydrogen (secondary N) is 3. The molecule has 186 valence electrons. The van der Waals surface area contributed by atoms with Gasteiger partial charge in [-0.15, -0.1) is 0 Å². The van der Waals surface area contributed by atoms with Crippen LogP contribution in [0.3, 0.4) is 0 Å². The zero-order valence-electron chi connectivity index (χ0n) is 19.3. The Labute approximate surface area is 200 Å². The number of halogens is 2. The molecule has 2 aromatic rings. The molecule has 0 aliphatic carbocycles. The van der Waals surface area contributed by atoms with E-state index in [-0.39, 0.29) is 54.3 Å². The third-order valence-electron chi connectivity index (χ3n) is 6.14. The zero-order valence-corrected chi connectivity index (χ0v) is 19.3. The molecule has 0 bridgehead atoms. The molecule has 35 heavy (non-hydrogen) atoms. The van der Waals surface area contributed by atoms with Crippen molar-refractivity contribution in [2.45, 2.75) is 37.5 Å². The molecular weight excluding hydrogens is 462 g/mol. The number of benzene rings is 2. The minimum Gasteiger partial charge on any atom is -0.490 e. The number of urea groups is 1. The summed E-state index contributed by atoms with van der Waals surface area (Å²) >= 11 is 0. The lowest BCUT2D eigenvalue weighted by molar-refractivity contribution is -0.133. The quantitative estimate of drug-likeness (QED) is 0.613. The molecule has 3 N–H and O–H groups in total. The third-order valence-corrected chi connectivity index (χ3v) is 6.14. The zero-order chi connectivity index (χ0) is 25.1. The lowest BCUT2D eigenvalue weighted by Crippen LogP contribution is -2.53. The lowest BCUT2D eigenvalue weighted by Gasteiger charge is -2.42. The molecule has 2 aliphatic rings. The molecule has 4 rings (SSSR count). The van der Waals surface area contributed by atoms with Crippen molar-refractivity contribution in [2.75, 3.05) is 31.3 Å². The molecule has 0 saturated carbocycles. The van der Waals surface area contributed by atoms with Crippen LogP contribution in [0.25, 0.3) is 0 Å². The monoisotopic (exact) mass is 488 g/mol. The molecule has 4 amide bonds. The van der Waals surface area contributed by atoms with Gasteiger partial charge in [0.1, 0.15) is 18.5 Å². The molecule has 1 saturated heterocycles. The van der Waals surface area contributed by atoms with Gasteiger partial charge in [-0.05, 0) is 43.2 Å². The van der Waals surface area contributed by atoms with Crippen molar-refractivity contribution in [1.29, 1.82) is 0 Å². The van der Waals surface area contributed by atoms with E-state index in [1.54, 1.807) is 31.1 Å². The maximum Gasteiger partial charge on any atom is 0.323 e. The van der Waals surface area contributed by atoms with Crippen molar-refractivity contribution in [3.63, 3.8) is 0 Å². The Morgan fingerprint density at radius 2 is 1.77 bits per heavy atom. The van der Waals surface area contributed by atoms with Crippen LogP contribution in [0.5, 0.6) is 5.75 Å². The van der Waals surface area contributed by atoms with Gasteiger partial charge < -0.3 is 30.3 Å². The maximum atomic E-state index is 13.4. The molecule has 11 heteroatoms. The number of hydrogen-bond donors (Lipinski definition) is 3. The number of carbonyl (C=O) groups excluding carboxylic acids is 3. The first-order chi connectivity index (χ1) is 16.7. The summed E-state index contributed by atoms with van der Waals surface area (Å²) in [5.41, 5.74) is 0.658. The van der Waals surface area contributed by atoms with Crippen molar-refractivity contribution >= 4 is 29.2 Å². The Morgan fingerprint density at radius 3 is 2.49 bits per heavy atom. The normalized spacial score (nSPS) is 21.5. The van der Waals surface area contributed by atoms with E-state index in [1.165, 1.54) is 12.1 Å². The van der Waals surface area contributed by atoms with E-state index >= 15 is 0 Å². The van der Waals surface area contributed by atoms with Crippen LogP contribution >= 0.6 is 0 Å². The van der Waals surface area contributed by atoms with Crippen LogP contribution in [0.15, 0.2) is 36.4 Å². The fraction of sp³-hybridized carbons (Fsp3) is 0.375. The highest BCUT2D eigenvalue weighted by Gasteiger charge is 2.39. The number of likely N-dealkylation sites (N-methyl/N-ethyl adjacent to an activating group) is 1. The number of carbonyl (C=O) groups is 3. The van der Waals surface area contributed by atoms with Crippen LogP contribution in [-0.4, -0.2) is 61.7 Å². The summed E-state index contributed by atoms with van der Waals surface area (Å²) < 4.78 is 38.4. The van der Waals surface area contributed by atoms with E-state index < -0.39 is 17.7 Å². The van der Waals surface area contributed by atoms with Gasteiger partial charge in [0, 0.05) is 31.5 Å². The van der Waals surface area contributed by atoms with Gasteiger partial charge in [0.25, 0.3) is 5.91 Å². The summed E-state index contributed by atoms with van der Waals surface area (Å²) in [6.07, 6.45) is 0.893. The highest BCUT2D eigenvalue weighted by molar-refractivity contribution is 6.02. The van der Waals surface area contributed by atoms with Gasteiger partial charge in [-0.2, -0.15) is 0 Å². The molecule has 2 heterocycles. The van der Waals surface area contributed by atoms with Gasteiger partial charge >= 0.3 is 6.03 Å². The summed E-state index contributed by atoms with van der Waals surface area (Å²) in [6, 6.07) is 6.71. The van der Waals surface area contributed by atoms with E-state index in [9.17, 15) is 23.2 Å². The standard InChI is InChI=1S/C24H26F2N4O5/c1-27-22(31)11-15-5-7-19-21(35-15)12-34-20-8-4-13(9-16(20)23(32)30(19)2)28-24(33)29-14-3-6-17(25)18(26)10-14/h3-4,6,8-10,15,19,21H,5,7,11-12H2,1-2H3,(H,27,31)(H2,28,29,33)/t15-,19-,21-/m1/s1. The minimum atomic E-state index is -1.08. The van der Waals surface area contributed by atoms with Crippen molar-refractivity contribution in [3.8, 4) is 5.75 Å². The largest absolute Gasteiger partial charge is 0.490 e. The Hall–Kier alpha value is -3.73. The first kappa shape index (κ1) is 24.4. The van der Waals surface area contributed by atoms with Crippen LogP contribution in [0.1, 0.15) is 29.6 Å². The van der Waals surface area contributed by atoms with Gasteiger partial charge in [0.2, 0.25) is 5.91 Å². The Kier molecular flexibility index (Phi) is 7.15. The van der Waals surface area contributed by atoms with Gasteiger partial charge in [0.15, 0.2) is 11.6 Å². The van der Waals surface area contributed by atoms with Crippen molar-refractivity contribution in [1.82, 2.24) is 10.2 Å². The molecule has 2 aromatic carbocycles. The number of anilines is 2. The lowest BCUT2D eigenvalue weighted by atomic mass is 9.94. The fourth-order valence-electron chi connectivity index (χ4n) is 4.28. The Morgan fingerprint density at radius 1 is 1.06 bits per heavy atom. The van der Waals surface area contributed by atoms with Gasteiger partial charge in [-0.25, -0.2) is 13.6 Å². The first-order valence-electron chi connectivity index (χ1n) is 11.2. The van der Waals surface area contributed by atoms with E-state index in [0.29, 0.717) is 24.3 Å². The van der Waals surface area contributed by atoms with E-state index in [1.807, 2.05) is 0 Å². The summed E-state index contributed by atoms with van der Waals surface area (Å²) in [5, 5.41) is 7.58. The van der Waals surface area contributed by atoms with Gasteiger partial charge in [-0.3, -0.25) is 9.59 Å². The average molecular weight is 488 g/mol. The van der Waals surface area contributed by atoms with Crippen molar-refractivity contribution in [2.24, 2.45) is 0 Å². The van der Waals surface area contributed by atoms with E-state index in [0.717, 1.165) is 12.1 Å². The predicted molar refractivity (Wildman–Crippen MR) is 123 cm³/mol. The van der Waals surface area contributed by atoms with E-state index in [4.69, 9.17) is 9.47 Å². The SMILES string of the molecule is CNC(=O)C[C@H]1CC[C@@H]2[C@@H](COc3ccc(NC(=O)Nc4ccc(F)c(F)c4)cc3C(=O)N2C)O1. The molecule has 9 nitrogen and oxygen atoms in total. The molecule has 1 fully saturated rings. The maximum absolute atomic E-state index is 13.4. The fourth-order valence-corrected chi connectivity index (χ4v) is 4.28. The second-order valence-corrected chi connectivity index (χ2v) is 8.46. The van der Waals surface area contributed by atoms with Crippen LogP contribution in [-0.2, 0) is 9.53 Å². The number of fused-ring (bicyclic) bond motifs is 2. The highest BCUT2D eigenvalue weighted by atomic mass is 19.2. The van der Waals surface area contributed by atoms with Crippen molar-refractivity contribution in [3.05, 3.63) is 53.6 Å².